The van der Waals surface area contributed by atoms with E-state index in [4.69, 9.17) is 16.3 Å². The largest absolute Gasteiger partial charge is 0.496 e. The van der Waals surface area contributed by atoms with E-state index in [9.17, 15) is 4.79 Å². The minimum absolute atomic E-state index is 0.0100. The maximum Gasteiger partial charge on any atom is 0.177 e. The fourth-order valence-electron chi connectivity index (χ4n) is 1.41. The first-order valence-corrected chi connectivity index (χ1v) is 5.00. The number of halogens is 1. The van der Waals surface area contributed by atoms with Crippen LogP contribution in [0.2, 0.25) is 5.02 Å². The second kappa shape index (κ2) is 5.14. The zero-order valence-electron chi connectivity index (χ0n) is 9.06. The van der Waals surface area contributed by atoms with Crippen LogP contribution in [0.15, 0.2) is 12.1 Å². The highest BCUT2D eigenvalue weighted by molar-refractivity contribution is 6.31. The molecule has 3 nitrogen and oxygen atoms in total. The van der Waals surface area contributed by atoms with Gasteiger partial charge in [0.2, 0.25) is 0 Å². The number of carbonyl (C=O) groups is 1. The Labute approximate surface area is 94.4 Å². The van der Waals surface area contributed by atoms with E-state index in [0.29, 0.717) is 22.9 Å². The lowest BCUT2D eigenvalue weighted by atomic mass is 10.0. The molecule has 0 heterocycles. The molecule has 0 aromatic heterocycles. The zero-order valence-corrected chi connectivity index (χ0v) is 9.81. The van der Waals surface area contributed by atoms with Crippen LogP contribution < -0.4 is 10.1 Å². The van der Waals surface area contributed by atoms with Gasteiger partial charge in [0.1, 0.15) is 5.75 Å². The average Bonchev–Trinajstić information content (AvgIpc) is 2.21. The fourth-order valence-corrected chi connectivity index (χ4v) is 1.62. The Bertz CT molecular complexity index is 377. The van der Waals surface area contributed by atoms with E-state index in [0.717, 1.165) is 5.56 Å². The number of rotatable bonds is 4. The van der Waals surface area contributed by atoms with E-state index in [2.05, 4.69) is 5.32 Å². The summed E-state index contributed by atoms with van der Waals surface area (Å²) < 4.78 is 5.14. The lowest BCUT2D eigenvalue weighted by Gasteiger charge is -2.10. The van der Waals surface area contributed by atoms with Crippen molar-refractivity contribution in [3.05, 3.63) is 28.3 Å². The molecule has 0 bridgehead atoms. The molecule has 0 aliphatic rings. The molecule has 0 saturated heterocycles. The highest BCUT2D eigenvalue weighted by Crippen LogP contribution is 2.26. The number of hydrogen-bond acceptors (Lipinski definition) is 3. The van der Waals surface area contributed by atoms with E-state index >= 15 is 0 Å². The Morgan fingerprint density at radius 1 is 1.53 bits per heavy atom. The standard InChI is InChI=1S/C11H14ClNO2/c1-7-9(10(14)6-13-2)4-8(12)5-11(7)15-3/h4-5,13H,6H2,1-3H3. The lowest BCUT2D eigenvalue weighted by Crippen LogP contribution is -2.19. The Morgan fingerprint density at radius 3 is 2.73 bits per heavy atom. The molecular formula is C11H14ClNO2. The molecule has 1 N–H and O–H groups in total. The second-order valence-corrected chi connectivity index (χ2v) is 3.67. The monoisotopic (exact) mass is 227 g/mol. The third kappa shape index (κ3) is 2.70. The normalized spacial score (nSPS) is 10.1. The molecule has 0 saturated carbocycles. The van der Waals surface area contributed by atoms with Gasteiger partial charge in [-0.2, -0.15) is 0 Å². The van der Waals surface area contributed by atoms with E-state index in [1.54, 1.807) is 26.3 Å². The Kier molecular flexibility index (Phi) is 4.12. The van der Waals surface area contributed by atoms with Gasteiger partial charge in [-0.25, -0.2) is 0 Å². The van der Waals surface area contributed by atoms with Crippen LogP contribution in [0.25, 0.3) is 0 Å². The topological polar surface area (TPSA) is 38.3 Å². The molecule has 0 fully saturated rings. The number of ketones is 1. The molecule has 0 unspecified atom stereocenters. The van der Waals surface area contributed by atoms with Crippen molar-refractivity contribution in [2.24, 2.45) is 0 Å². The molecule has 0 atom stereocenters. The van der Waals surface area contributed by atoms with E-state index < -0.39 is 0 Å². The van der Waals surface area contributed by atoms with E-state index in [1.165, 1.54) is 0 Å². The van der Waals surface area contributed by atoms with Gasteiger partial charge in [-0.1, -0.05) is 11.6 Å². The van der Waals surface area contributed by atoms with Crippen LogP contribution in [0, 0.1) is 6.92 Å². The number of methoxy groups -OCH3 is 1. The number of ether oxygens (including phenoxy) is 1. The maximum absolute atomic E-state index is 11.7. The summed E-state index contributed by atoms with van der Waals surface area (Å²) in [5.74, 6) is 0.651. The summed E-state index contributed by atoms with van der Waals surface area (Å²) in [5.41, 5.74) is 1.43. The molecule has 82 valence electrons. The first-order chi connectivity index (χ1) is 7.10. The van der Waals surface area contributed by atoms with Crippen LogP contribution in [0.3, 0.4) is 0 Å². The van der Waals surface area contributed by atoms with Gasteiger partial charge in [0.05, 0.1) is 13.7 Å². The van der Waals surface area contributed by atoms with Crippen LogP contribution >= 0.6 is 11.6 Å². The SMILES string of the molecule is CNCC(=O)c1cc(Cl)cc(OC)c1C. The van der Waals surface area contributed by atoms with Gasteiger partial charge in [0, 0.05) is 16.1 Å². The fraction of sp³-hybridized carbons (Fsp3) is 0.364. The number of likely N-dealkylation sites (N-methyl/N-ethyl adjacent to an activating group) is 1. The molecule has 0 amide bonds. The van der Waals surface area contributed by atoms with Crippen LogP contribution in [0.5, 0.6) is 5.75 Å². The van der Waals surface area contributed by atoms with Gasteiger partial charge in [-0.15, -0.1) is 0 Å². The van der Waals surface area contributed by atoms with Crippen molar-refractivity contribution in [3.63, 3.8) is 0 Å². The first kappa shape index (κ1) is 12.0. The number of Topliss-reactive ketones (excluding diaryl/α,β-unsaturated/α-hetero) is 1. The van der Waals surface area contributed by atoms with Crippen LogP contribution in [0.4, 0.5) is 0 Å². The Balaban J connectivity index is 3.17. The number of nitrogens with one attached hydrogen (secondary N) is 1. The summed E-state index contributed by atoms with van der Waals surface area (Å²) in [6.07, 6.45) is 0. The average molecular weight is 228 g/mol. The second-order valence-electron chi connectivity index (χ2n) is 3.23. The Morgan fingerprint density at radius 2 is 2.20 bits per heavy atom. The summed E-state index contributed by atoms with van der Waals surface area (Å²) in [7, 11) is 3.29. The van der Waals surface area contributed by atoms with Gasteiger partial charge in [0.25, 0.3) is 0 Å². The van der Waals surface area contributed by atoms with Crippen molar-refractivity contribution in [2.75, 3.05) is 20.7 Å². The first-order valence-electron chi connectivity index (χ1n) is 4.62. The molecule has 0 aliphatic heterocycles. The summed E-state index contributed by atoms with van der Waals surface area (Å²) in [5, 5.41) is 3.33. The molecule has 0 radical (unpaired) electrons. The van der Waals surface area contributed by atoms with Gasteiger partial charge in [-0.3, -0.25) is 4.79 Å². The highest BCUT2D eigenvalue weighted by atomic mass is 35.5. The highest BCUT2D eigenvalue weighted by Gasteiger charge is 2.13. The summed E-state index contributed by atoms with van der Waals surface area (Å²) >= 11 is 5.89. The van der Waals surface area contributed by atoms with Crippen molar-refractivity contribution in [2.45, 2.75) is 6.92 Å². The summed E-state index contributed by atoms with van der Waals surface area (Å²) in [6, 6.07) is 3.37. The smallest absolute Gasteiger partial charge is 0.177 e. The number of benzene rings is 1. The molecule has 1 aromatic carbocycles. The number of carbonyl (C=O) groups excluding carboxylic acids is 1. The van der Waals surface area contributed by atoms with Gasteiger partial charge in [-0.05, 0) is 26.1 Å². The van der Waals surface area contributed by atoms with Crippen molar-refractivity contribution in [1.82, 2.24) is 5.32 Å². The van der Waals surface area contributed by atoms with Gasteiger partial charge < -0.3 is 10.1 Å². The van der Waals surface area contributed by atoms with E-state index in [-0.39, 0.29) is 5.78 Å². The predicted octanol–water partition coefficient (Wildman–Crippen LogP) is 2.06. The summed E-state index contributed by atoms with van der Waals surface area (Å²) in [4.78, 5) is 11.7. The van der Waals surface area contributed by atoms with Crippen molar-refractivity contribution < 1.29 is 9.53 Å². The van der Waals surface area contributed by atoms with Gasteiger partial charge >= 0.3 is 0 Å². The third-order valence-electron chi connectivity index (χ3n) is 2.18. The molecule has 1 aromatic rings. The van der Waals surface area contributed by atoms with Crippen molar-refractivity contribution in [3.8, 4) is 5.75 Å². The minimum Gasteiger partial charge on any atom is -0.496 e. The van der Waals surface area contributed by atoms with Crippen LogP contribution in [-0.2, 0) is 0 Å². The molecule has 15 heavy (non-hydrogen) atoms. The van der Waals surface area contributed by atoms with Gasteiger partial charge in [0.15, 0.2) is 5.78 Å². The number of hydrogen-bond donors (Lipinski definition) is 1. The van der Waals surface area contributed by atoms with E-state index in [1.807, 2.05) is 6.92 Å². The summed E-state index contributed by atoms with van der Waals surface area (Å²) in [6.45, 7) is 2.14. The maximum atomic E-state index is 11.7. The van der Waals surface area contributed by atoms with Crippen LogP contribution in [0.1, 0.15) is 15.9 Å². The molecule has 1 rings (SSSR count). The van der Waals surface area contributed by atoms with Crippen molar-refractivity contribution >= 4 is 17.4 Å². The third-order valence-corrected chi connectivity index (χ3v) is 2.40. The quantitative estimate of drug-likeness (QED) is 0.801. The molecule has 0 spiro atoms. The molecular weight excluding hydrogens is 214 g/mol. The lowest BCUT2D eigenvalue weighted by molar-refractivity contribution is 0.0992. The van der Waals surface area contributed by atoms with Crippen LogP contribution in [-0.4, -0.2) is 26.5 Å². The predicted molar refractivity (Wildman–Crippen MR) is 61.0 cm³/mol. The minimum atomic E-state index is 0.0100. The van der Waals surface area contributed by atoms with Crippen molar-refractivity contribution in [1.29, 1.82) is 0 Å². The molecule has 4 heteroatoms. The Hall–Kier alpha value is -1.06. The zero-order chi connectivity index (χ0) is 11.4. The molecule has 0 aliphatic carbocycles.